The Morgan fingerprint density at radius 3 is 2.38 bits per heavy atom. The molecule has 0 aliphatic carbocycles. The first kappa shape index (κ1) is 20.3. The van der Waals surface area contributed by atoms with Crippen molar-refractivity contribution < 1.29 is 14.3 Å². The Labute approximate surface area is 169 Å². The zero-order chi connectivity index (χ0) is 21.0. The van der Waals surface area contributed by atoms with E-state index in [-0.39, 0.29) is 5.91 Å². The fourth-order valence-corrected chi connectivity index (χ4v) is 2.86. The molecule has 0 radical (unpaired) electrons. The molecule has 0 spiro atoms. The molecule has 0 fully saturated rings. The Morgan fingerprint density at radius 2 is 1.79 bits per heavy atom. The standard InChI is InChI=1S/C21H25N5O3/c1-21(2,14-7-10-16(28-3)17(11-14)29-4)20(27)23-15-8-5-13(6-9-15)19-24-18(12-22)25-26-19/h5-11H,12,22H2,1-4H3,(H,23,27)(H,24,25,26). The molecule has 1 heterocycles. The number of amides is 1. The smallest absolute Gasteiger partial charge is 0.234 e. The number of nitrogens with zero attached hydrogens (tertiary/aromatic N) is 2. The van der Waals surface area contributed by atoms with Crippen molar-refractivity contribution >= 4 is 11.6 Å². The zero-order valence-corrected chi connectivity index (χ0v) is 16.9. The van der Waals surface area contributed by atoms with Gasteiger partial charge >= 0.3 is 0 Å². The van der Waals surface area contributed by atoms with Gasteiger partial charge in [0.15, 0.2) is 17.3 Å². The number of aromatic amines is 1. The lowest BCUT2D eigenvalue weighted by molar-refractivity contribution is -0.120. The van der Waals surface area contributed by atoms with Gasteiger partial charge in [-0.25, -0.2) is 4.98 Å². The quantitative estimate of drug-likeness (QED) is 0.567. The number of hydrogen-bond donors (Lipinski definition) is 3. The molecule has 8 heteroatoms. The average Bonchev–Trinajstić information content (AvgIpc) is 3.23. The maximum atomic E-state index is 13.0. The summed E-state index contributed by atoms with van der Waals surface area (Å²) in [6, 6.07) is 12.8. The average molecular weight is 395 g/mol. The fourth-order valence-electron chi connectivity index (χ4n) is 2.86. The van der Waals surface area contributed by atoms with Crippen LogP contribution in [0.2, 0.25) is 0 Å². The Hall–Kier alpha value is -3.39. The van der Waals surface area contributed by atoms with Crippen molar-refractivity contribution in [1.82, 2.24) is 15.2 Å². The highest BCUT2D eigenvalue weighted by molar-refractivity contribution is 5.98. The number of nitrogens with one attached hydrogen (secondary N) is 2. The van der Waals surface area contributed by atoms with Crippen LogP contribution in [0.5, 0.6) is 11.5 Å². The highest BCUT2D eigenvalue weighted by Gasteiger charge is 2.31. The topological polar surface area (TPSA) is 115 Å². The van der Waals surface area contributed by atoms with Crippen molar-refractivity contribution in [2.75, 3.05) is 19.5 Å². The zero-order valence-electron chi connectivity index (χ0n) is 16.9. The summed E-state index contributed by atoms with van der Waals surface area (Å²) in [5, 5.41) is 9.88. The highest BCUT2D eigenvalue weighted by Crippen LogP contribution is 2.34. The van der Waals surface area contributed by atoms with Crippen LogP contribution < -0.4 is 20.5 Å². The highest BCUT2D eigenvalue weighted by atomic mass is 16.5. The third-order valence-corrected chi connectivity index (χ3v) is 4.80. The van der Waals surface area contributed by atoms with Gasteiger partial charge in [-0.1, -0.05) is 6.07 Å². The van der Waals surface area contributed by atoms with Crippen LogP contribution in [0.4, 0.5) is 5.69 Å². The second-order valence-electron chi connectivity index (χ2n) is 7.04. The molecule has 8 nitrogen and oxygen atoms in total. The van der Waals surface area contributed by atoms with E-state index < -0.39 is 5.41 Å². The van der Waals surface area contributed by atoms with Gasteiger partial charge < -0.3 is 20.5 Å². The summed E-state index contributed by atoms with van der Waals surface area (Å²) in [5.41, 5.74) is 7.10. The summed E-state index contributed by atoms with van der Waals surface area (Å²) in [5.74, 6) is 2.25. The molecular formula is C21H25N5O3. The van der Waals surface area contributed by atoms with Gasteiger partial charge in [0.2, 0.25) is 5.91 Å². The molecule has 1 amide bonds. The summed E-state index contributed by atoms with van der Waals surface area (Å²) in [7, 11) is 3.15. The number of benzene rings is 2. The third-order valence-electron chi connectivity index (χ3n) is 4.80. The van der Waals surface area contributed by atoms with Crippen LogP contribution in [0.25, 0.3) is 11.4 Å². The Balaban J connectivity index is 1.76. The van der Waals surface area contributed by atoms with Crippen molar-refractivity contribution in [3.05, 3.63) is 53.9 Å². The normalized spacial score (nSPS) is 11.2. The SMILES string of the molecule is COc1ccc(C(C)(C)C(=O)Nc2ccc(-c3n[nH]c(CN)n3)cc2)cc1OC. The van der Waals surface area contributed by atoms with Crippen molar-refractivity contribution in [2.45, 2.75) is 25.8 Å². The minimum absolute atomic E-state index is 0.138. The molecule has 0 atom stereocenters. The minimum Gasteiger partial charge on any atom is -0.493 e. The first-order chi connectivity index (χ1) is 13.9. The van der Waals surface area contributed by atoms with Crippen LogP contribution in [0, 0.1) is 0 Å². The fraction of sp³-hybridized carbons (Fsp3) is 0.286. The number of rotatable bonds is 7. The molecular weight excluding hydrogens is 370 g/mol. The monoisotopic (exact) mass is 395 g/mol. The summed E-state index contributed by atoms with van der Waals surface area (Å²) in [6.45, 7) is 4.02. The van der Waals surface area contributed by atoms with Crippen molar-refractivity contribution in [3.63, 3.8) is 0 Å². The molecule has 0 saturated carbocycles. The van der Waals surface area contributed by atoms with E-state index in [0.717, 1.165) is 11.1 Å². The van der Waals surface area contributed by atoms with Gasteiger partial charge in [-0.15, -0.1) is 0 Å². The van der Waals surface area contributed by atoms with Crippen molar-refractivity contribution in [1.29, 1.82) is 0 Å². The predicted octanol–water partition coefficient (Wildman–Crippen LogP) is 2.86. The number of hydrogen-bond acceptors (Lipinski definition) is 6. The number of methoxy groups -OCH3 is 2. The van der Waals surface area contributed by atoms with Gasteiger partial charge in [0.1, 0.15) is 5.82 Å². The van der Waals surface area contributed by atoms with E-state index in [2.05, 4.69) is 20.5 Å². The molecule has 2 aromatic carbocycles. The largest absolute Gasteiger partial charge is 0.493 e. The van der Waals surface area contributed by atoms with Crippen LogP contribution in [0.3, 0.4) is 0 Å². The minimum atomic E-state index is -0.780. The van der Waals surface area contributed by atoms with Crippen molar-refractivity contribution in [3.8, 4) is 22.9 Å². The number of carbonyl (C=O) groups excluding carboxylic acids is 1. The lowest BCUT2D eigenvalue weighted by Gasteiger charge is -2.25. The predicted molar refractivity (Wildman–Crippen MR) is 111 cm³/mol. The van der Waals surface area contributed by atoms with Crippen molar-refractivity contribution in [2.24, 2.45) is 5.73 Å². The second-order valence-corrected chi connectivity index (χ2v) is 7.04. The number of aromatic nitrogens is 3. The summed E-state index contributed by atoms with van der Waals surface area (Å²) in [4.78, 5) is 17.3. The van der Waals surface area contributed by atoms with E-state index in [0.29, 0.717) is 35.4 Å². The molecule has 0 aliphatic heterocycles. The lowest BCUT2D eigenvalue weighted by Crippen LogP contribution is -2.34. The van der Waals surface area contributed by atoms with Gasteiger partial charge in [-0.05, 0) is 55.8 Å². The van der Waals surface area contributed by atoms with Crippen LogP contribution in [0.15, 0.2) is 42.5 Å². The van der Waals surface area contributed by atoms with Gasteiger partial charge in [-0.3, -0.25) is 9.89 Å². The molecule has 0 saturated heterocycles. The van der Waals surface area contributed by atoms with Crippen LogP contribution in [-0.2, 0) is 16.8 Å². The lowest BCUT2D eigenvalue weighted by atomic mass is 9.83. The first-order valence-electron chi connectivity index (χ1n) is 9.14. The molecule has 3 rings (SSSR count). The molecule has 0 aliphatic rings. The van der Waals surface area contributed by atoms with E-state index in [4.69, 9.17) is 15.2 Å². The Bertz CT molecular complexity index is 996. The summed E-state index contributed by atoms with van der Waals surface area (Å²) >= 11 is 0. The number of ether oxygens (including phenoxy) is 2. The molecule has 152 valence electrons. The van der Waals surface area contributed by atoms with Gasteiger partial charge in [0.05, 0.1) is 26.2 Å². The van der Waals surface area contributed by atoms with E-state index in [1.54, 1.807) is 20.3 Å². The van der Waals surface area contributed by atoms with Gasteiger partial charge in [-0.2, -0.15) is 5.10 Å². The van der Waals surface area contributed by atoms with E-state index >= 15 is 0 Å². The Kier molecular flexibility index (Phi) is 5.84. The molecule has 0 unspecified atom stereocenters. The van der Waals surface area contributed by atoms with E-state index in [9.17, 15) is 4.79 Å². The summed E-state index contributed by atoms with van der Waals surface area (Å²) in [6.07, 6.45) is 0. The third kappa shape index (κ3) is 4.22. The second kappa shape index (κ2) is 8.32. The molecule has 0 bridgehead atoms. The first-order valence-corrected chi connectivity index (χ1v) is 9.14. The number of H-pyrrole nitrogens is 1. The number of anilines is 1. The molecule has 3 aromatic rings. The van der Waals surface area contributed by atoms with Crippen LogP contribution >= 0.6 is 0 Å². The molecule has 4 N–H and O–H groups in total. The maximum Gasteiger partial charge on any atom is 0.234 e. The van der Waals surface area contributed by atoms with Crippen LogP contribution in [0.1, 0.15) is 25.2 Å². The summed E-state index contributed by atoms with van der Waals surface area (Å²) < 4.78 is 10.6. The van der Waals surface area contributed by atoms with Crippen LogP contribution in [-0.4, -0.2) is 35.3 Å². The number of nitrogens with two attached hydrogens (primary N) is 1. The molecule has 1 aromatic heterocycles. The van der Waals surface area contributed by atoms with E-state index in [1.807, 2.05) is 50.2 Å². The Morgan fingerprint density at radius 1 is 1.10 bits per heavy atom. The van der Waals surface area contributed by atoms with E-state index in [1.165, 1.54) is 0 Å². The number of carbonyl (C=O) groups is 1. The maximum absolute atomic E-state index is 13.0. The van der Waals surface area contributed by atoms with Gasteiger partial charge in [0.25, 0.3) is 0 Å². The molecule has 29 heavy (non-hydrogen) atoms. The van der Waals surface area contributed by atoms with Gasteiger partial charge in [0, 0.05) is 11.3 Å².